The van der Waals surface area contributed by atoms with Crippen LogP contribution in [0.4, 0.5) is 0 Å². The van der Waals surface area contributed by atoms with E-state index in [2.05, 4.69) is 21.8 Å². The third kappa shape index (κ3) is 3.52. The molecule has 0 spiro atoms. The summed E-state index contributed by atoms with van der Waals surface area (Å²) in [6, 6.07) is 15.3. The maximum atomic E-state index is 12.9. The second-order valence-corrected chi connectivity index (χ2v) is 10.6. The number of carbonyl (C=O) groups excluding carboxylic acids is 1. The number of amides is 1. The molecule has 1 atom stereocenters. The van der Waals surface area contributed by atoms with Gasteiger partial charge in [0.25, 0.3) is 10.0 Å². The van der Waals surface area contributed by atoms with Gasteiger partial charge in [-0.25, -0.2) is 0 Å². The van der Waals surface area contributed by atoms with Crippen LogP contribution >= 0.6 is 11.8 Å². The molecule has 3 heterocycles. The summed E-state index contributed by atoms with van der Waals surface area (Å²) in [5.74, 6) is 1.57. The highest BCUT2D eigenvalue weighted by Crippen LogP contribution is 2.36. The molecule has 0 bridgehead atoms. The molecule has 1 fully saturated rings. The number of fused-ring (bicyclic) bond motifs is 2. The van der Waals surface area contributed by atoms with Crippen molar-refractivity contribution in [2.24, 2.45) is 10.3 Å². The van der Waals surface area contributed by atoms with E-state index in [0.717, 1.165) is 12.2 Å². The summed E-state index contributed by atoms with van der Waals surface area (Å²) < 4.78 is 28.7. The molecule has 0 radical (unpaired) electrons. The van der Waals surface area contributed by atoms with E-state index >= 15 is 0 Å². The van der Waals surface area contributed by atoms with Gasteiger partial charge in [-0.15, -0.1) is 16.2 Å². The van der Waals surface area contributed by atoms with Crippen molar-refractivity contribution in [3.8, 4) is 0 Å². The molecule has 1 amide bonds. The van der Waals surface area contributed by atoms with Crippen molar-refractivity contribution in [3.05, 3.63) is 59.7 Å². The maximum Gasteiger partial charge on any atom is 0.285 e. The predicted octanol–water partition coefficient (Wildman–Crippen LogP) is 3.20. The van der Waals surface area contributed by atoms with Gasteiger partial charge in [-0.05, 0) is 43.0 Å². The molecule has 2 aromatic carbocycles. The summed E-state index contributed by atoms with van der Waals surface area (Å²) in [5, 5.41) is 3.26. The van der Waals surface area contributed by atoms with E-state index in [-0.39, 0.29) is 22.8 Å². The van der Waals surface area contributed by atoms with Gasteiger partial charge in [0, 0.05) is 35.2 Å². The highest BCUT2D eigenvalue weighted by molar-refractivity contribution is 7.99. The van der Waals surface area contributed by atoms with Crippen molar-refractivity contribution in [1.82, 2.24) is 10.2 Å². The molecule has 0 aromatic heterocycles. The van der Waals surface area contributed by atoms with Crippen LogP contribution in [0.15, 0.2) is 62.7 Å². The van der Waals surface area contributed by atoms with E-state index < -0.39 is 10.0 Å². The van der Waals surface area contributed by atoms with Crippen LogP contribution < -0.4 is 5.32 Å². The molecule has 1 saturated heterocycles. The summed E-state index contributed by atoms with van der Waals surface area (Å²) in [5.41, 5.74) is 1.87. The Hall–Kier alpha value is -2.32. The number of hydrogen-bond acceptors (Lipinski definition) is 5. The first kappa shape index (κ1) is 19.6. The fourth-order valence-electron chi connectivity index (χ4n) is 4.45. The normalized spacial score (nSPS) is 22.7. The lowest BCUT2D eigenvalue weighted by molar-refractivity contribution is -0.127. The van der Waals surface area contributed by atoms with Gasteiger partial charge in [0.15, 0.2) is 5.84 Å². The van der Waals surface area contributed by atoms with Gasteiger partial charge >= 0.3 is 0 Å². The first-order valence-corrected chi connectivity index (χ1v) is 12.7. The average molecular weight is 442 g/mol. The third-order valence-electron chi connectivity index (χ3n) is 6.05. The van der Waals surface area contributed by atoms with Crippen molar-refractivity contribution in [2.75, 3.05) is 18.8 Å². The van der Waals surface area contributed by atoms with Crippen molar-refractivity contribution < 1.29 is 13.2 Å². The van der Waals surface area contributed by atoms with Crippen LogP contribution in [0.1, 0.15) is 36.4 Å². The number of benzene rings is 2. The molecule has 30 heavy (non-hydrogen) atoms. The number of piperidine rings is 1. The summed E-state index contributed by atoms with van der Waals surface area (Å²) in [7, 11) is -3.62. The minimum Gasteiger partial charge on any atom is -0.355 e. The summed E-state index contributed by atoms with van der Waals surface area (Å²) in [6.07, 6.45) is 2.32. The molecule has 3 aliphatic heterocycles. The Morgan fingerprint density at radius 1 is 1.03 bits per heavy atom. The van der Waals surface area contributed by atoms with E-state index in [1.165, 1.54) is 10.5 Å². The number of hydrogen-bond donors (Lipinski definition) is 1. The van der Waals surface area contributed by atoms with E-state index in [1.807, 2.05) is 34.9 Å². The Bertz CT molecular complexity index is 1120. The van der Waals surface area contributed by atoms with E-state index in [9.17, 15) is 13.2 Å². The van der Waals surface area contributed by atoms with Crippen molar-refractivity contribution in [1.29, 1.82) is 0 Å². The molecule has 6 nitrogen and oxygen atoms in total. The molecule has 2 aromatic rings. The Balaban J connectivity index is 1.25. The number of sulfonamides is 1. The smallest absolute Gasteiger partial charge is 0.285 e. The quantitative estimate of drug-likeness (QED) is 0.774. The maximum absolute atomic E-state index is 12.9. The Morgan fingerprint density at radius 3 is 2.60 bits per heavy atom. The minimum absolute atomic E-state index is 0.0585. The Kier molecular flexibility index (Phi) is 5.06. The molecule has 1 N–H and O–H groups in total. The van der Waals surface area contributed by atoms with Crippen LogP contribution in [0, 0.1) is 5.92 Å². The monoisotopic (exact) mass is 441 g/mol. The topological polar surface area (TPSA) is 78.8 Å². The fraction of sp³-hybridized carbons (Fsp3) is 0.364. The number of nitrogens with one attached hydrogen (secondary N) is 1. The van der Waals surface area contributed by atoms with Gasteiger partial charge in [-0.1, -0.05) is 30.3 Å². The number of likely N-dealkylation sites (tertiary alicyclic amines) is 1. The minimum atomic E-state index is -3.62. The van der Waals surface area contributed by atoms with Gasteiger partial charge in [-0.2, -0.15) is 8.42 Å². The molecular weight excluding hydrogens is 418 g/mol. The molecule has 3 aliphatic rings. The van der Waals surface area contributed by atoms with Gasteiger partial charge in [-0.3, -0.25) is 4.79 Å². The Labute approximate surface area is 180 Å². The number of thioether (sulfide) groups is 1. The van der Waals surface area contributed by atoms with Gasteiger partial charge in [0.05, 0.1) is 6.04 Å². The molecule has 5 rings (SSSR count). The summed E-state index contributed by atoms with van der Waals surface area (Å²) in [6.45, 7) is 1.25. The lowest BCUT2D eigenvalue weighted by Gasteiger charge is -2.34. The van der Waals surface area contributed by atoms with E-state index in [1.54, 1.807) is 18.2 Å². The lowest BCUT2D eigenvalue weighted by Crippen LogP contribution is -2.44. The highest BCUT2D eigenvalue weighted by Gasteiger charge is 2.35. The first-order chi connectivity index (χ1) is 14.5. The third-order valence-corrected chi connectivity index (χ3v) is 8.50. The van der Waals surface area contributed by atoms with Gasteiger partial charge in [0.2, 0.25) is 5.91 Å². The fourth-order valence-corrected chi connectivity index (χ4v) is 6.80. The number of rotatable bonds is 2. The molecule has 156 valence electrons. The predicted molar refractivity (Wildman–Crippen MR) is 117 cm³/mol. The van der Waals surface area contributed by atoms with Crippen LogP contribution in [-0.4, -0.2) is 43.9 Å². The van der Waals surface area contributed by atoms with Crippen LogP contribution in [0.25, 0.3) is 0 Å². The first-order valence-electron chi connectivity index (χ1n) is 10.2. The molecule has 0 saturated carbocycles. The number of nitrogens with zero attached hydrogens (tertiary/aromatic N) is 2. The zero-order chi connectivity index (χ0) is 20.7. The van der Waals surface area contributed by atoms with Crippen molar-refractivity contribution >= 4 is 33.5 Å². The summed E-state index contributed by atoms with van der Waals surface area (Å²) in [4.78, 5) is 16.5. The molecular formula is C22H23N3O3S2. The van der Waals surface area contributed by atoms with Crippen LogP contribution in [0.5, 0.6) is 0 Å². The molecule has 0 unspecified atom stereocenters. The van der Waals surface area contributed by atoms with E-state index in [0.29, 0.717) is 37.3 Å². The number of amidine groups is 1. The lowest BCUT2D eigenvalue weighted by atomic mass is 9.94. The van der Waals surface area contributed by atoms with Crippen molar-refractivity contribution in [2.45, 2.75) is 35.1 Å². The SMILES string of the molecule is O=C(N[C@@H]1CCSc2ccccc21)C1CCN(C2=NS(=O)(=O)c3ccccc32)CC1. The second kappa shape index (κ2) is 7.74. The van der Waals surface area contributed by atoms with Crippen LogP contribution in [-0.2, 0) is 14.8 Å². The van der Waals surface area contributed by atoms with Gasteiger partial charge < -0.3 is 10.2 Å². The van der Waals surface area contributed by atoms with Crippen LogP contribution in [0.3, 0.4) is 0 Å². The summed E-state index contributed by atoms with van der Waals surface area (Å²) >= 11 is 1.84. The van der Waals surface area contributed by atoms with Crippen LogP contribution in [0.2, 0.25) is 0 Å². The van der Waals surface area contributed by atoms with E-state index in [4.69, 9.17) is 0 Å². The zero-order valence-electron chi connectivity index (χ0n) is 16.5. The highest BCUT2D eigenvalue weighted by atomic mass is 32.2. The number of carbonyl (C=O) groups is 1. The zero-order valence-corrected chi connectivity index (χ0v) is 18.1. The molecule has 8 heteroatoms. The van der Waals surface area contributed by atoms with Crippen molar-refractivity contribution in [3.63, 3.8) is 0 Å². The second-order valence-electron chi connectivity index (χ2n) is 7.88. The molecule has 0 aliphatic carbocycles. The standard InChI is InChI=1S/C22H23N3O3S2/c26-22(23-18-11-14-29-19-7-3-1-5-16(18)19)15-9-12-25(13-10-15)21-17-6-2-4-8-20(17)30(27,28)24-21/h1-8,15,18H,9-14H2,(H,23,26)/t18-/m1/s1. The van der Waals surface area contributed by atoms with Gasteiger partial charge in [0.1, 0.15) is 4.90 Å². The largest absolute Gasteiger partial charge is 0.355 e. The Morgan fingerprint density at radius 2 is 1.77 bits per heavy atom. The average Bonchev–Trinajstić information content (AvgIpc) is 3.05.